The Morgan fingerprint density at radius 1 is 1.12 bits per heavy atom. The van der Waals surface area contributed by atoms with E-state index in [1.54, 1.807) is 13.1 Å². The monoisotopic (exact) mass is 482 g/mol. The molecule has 7 heteroatoms. The molecule has 1 aromatic heterocycles. The SMILES string of the molecule is C[C@@H]1[C@@H]([Si](C)(C)F)[C@H](CCO)O[C@@H]1CCc1ccc(NC(=O)Cc2c[nH]c3ccccc23)cc1. The molecule has 5 nitrogen and oxygen atoms in total. The maximum atomic E-state index is 14.9. The number of rotatable bonds is 9. The molecule has 1 aliphatic rings. The van der Waals surface area contributed by atoms with Gasteiger partial charge in [-0.3, -0.25) is 4.79 Å². The molecule has 1 saturated heterocycles. The van der Waals surface area contributed by atoms with Gasteiger partial charge in [0.05, 0.1) is 18.6 Å². The van der Waals surface area contributed by atoms with Gasteiger partial charge >= 0.3 is 0 Å². The van der Waals surface area contributed by atoms with E-state index in [0.29, 0.717) is 12.8 Å². The molecule has 3 aromatic rings. The van der Waals surface area contributed by atoms with Crippen molar-refractivity contribution in [2.45, 2.75) is 63.5 Å². The highest BCUT2D eigenvalue weighted by molar-refractivity contribution is 6.72. The van der Waals surface area contributed by atoms with E-state index >= 15 is 0 Å². The number of ether oxygens (including phenoxy) is 1. The van der Waals surface area contributed by atoms with Crippen LogP contribution < -0.4 is 5.32 Å². The number of hydrogen-bond acceptors (Lipinski definition) is 3. The number of carbonyl (C=O) groups excluding carboxylic acids is 1. The number of H-pyrrole nitrogens is 1. The number of aliphatic hydroxyl groups excluding tert-OH is 1. The van der Waals surface area contributed by atoms with Crippen LogP contribution in [-0.4, -0.2) is 43.2 Å². The van der Waals surface area contributed by atoms with Crippen molar-refractivity contribution < 1.29 is 18.7 Å². The first-order valence-corrected chi connectivity index (χ1v) is 15.1. The molecule has 0 bridgehead atoms. The Morgan fingerprint density at radius 2 is 1.85 bits per heavy atom. The van der Waals surface area contributed by atoms with Gasteiger partial charge in [0.25, 0.3) is 0 Å². The highest BCUT2D eigenvalue weighted by Gasteiger charge is 2.50. The molecular weight excluding hydrogens is 447 g/mol. The summed E-state index contributed by atoms with van der Waals surface area (Å²) in [7, 11) is -2.88. The number of benzene rings is 2. The molecular formula is C27H35FN2O3Si. The van der Waals surface area contributed by atoms with E-state index in [1.807, 2.05) is 54.7 Å². The van der Waals surface area contributed by atoms with Gasteiger partial charge in [0.2, 0.25) is 14.3 Å². The van der Waals surface area contributed by atoms with Crippen LogP contribution in [0.15, 0.2) is 54.7 Å². The van der Waals surface area contributed by atoms with Crippen molar-refractivity contribution in [3.05, 3.63) is 65.9 Å². The molecule has 1 amide bonds. The van der Waals surface area contributed by atoms with Gasteiger partial charge < -0.3 is 24.3 Å². The third-order valence-corrected chi connectivity index (χ3v) is 9.57. The normalized spacial score (nSPS) is 22.9. The number of aliphatic hydroxyl groups is 1. The van der Waals surface area contributed by atoms with Crippen LogP contribution in [0, 0.1) is 5.92 Å². The van der Waals surface area contributed by atoms with E-state index in [-0.39, 0.29) is 36.2 Å². The Labute approximate surface area is 201 Å². The predicted molar refractivity (Wildman–Crippen MR) is 137 cm³/mol. The van der Waals surface area contributed by atoms with Crippen LogP contribution in [0.5, 0.6) is 0 Å². The lowest BCUT2D eigenvalue weighted by Crippen LogP contribution is -2.36. The third kappa shape index (κ3) is 5.59. The maximum Gasteiger partial charge on any atom is 0.246 e. The number of amides is 1. The van der Waals surface area contributed by atoms with E-state index in [4.69, 9.17) is 4.74 Å². The summed E-state index contributed by atoms with van der Waals surface area (Å²) in [4.78, 5) is 15.8. The molecule has 0 saturated carbocycles. The first kappa shape index (κ1) is 24.6. The first-order chi connectivity index (χ1) is 16.3. The Bertz CT molecular complexity index is 1110. The van der Waals surface area contributed by atoms with Crippen molar-refractivity contribution in [2.24, 2.45) is 5.92 Å². The van der Waals surface area contributed by atoms with Gasteiger partial charge in [-0.25, -0.2) is 0 Å². The summed E-state index contributed by atoms with van der Waals surface area (Å²) in [5, 5.41) is 13.4. The number of anilines is 1. The summed E-state index contributed by atoms with van der Waals surface area (Å²) in [6.45, 7) is 5.61. The van der Waals surface area contributed by atoms with Gasteiger partial charge in [-0.1, -0.05) is 37.3 Å². The second-order valence-corrected chi connectivity index (χ2v) is 13.8. The number of hydrogen-bond donors (Lipinski definition) is 3. The average Bonchev–Trinajstić information content (AvgIpc) is 3.34. The fraction of sp³-hybridized carbons (Fsp3) is 0.444. The van der Waals surface area contributed by atoms with Crippen molar-refractivity contribution in [1.29, 1.82) is 0 Å². The molecule has 0 unspecified atom stereocenters. The zero-order valence-corrected chi connectivity index (χ0v) is 21.2. The number of aromatic amines is 1. The summed E-state index contributed by atoms with van der Waals surface area (Å²) < 4.78 is 21.1. The van der Waals surface area contributed by atoms with Gasteiger partial charge in [0.1, 0.15) is 0 Å². The van der Waals surface area contributed by atoms with Crippen LogP contribution in [0.3, 0.4) is 0 Å². The lowest BCUT2D eigenvalue weighted by molar-refractivity contribution is -0.115. The van der Waals surface area contributed by atoms with Crippen molar-refractivity contribution >= 4 is 30.9 Å². The number of aromatic nitrogens is 1. The van der Waals surface area contributed by atoms with Gasteiger partial charge in [0.15, 0.2) is 0 Å². The molecule has 34 heavy (non-hydrogen) atoms. The highest BCUT2D eigenvalue weighted by atomic mass is 28.4. The van der Waals surface area contributed by atoms with Crippen molar-refractivity contribution in [3.63, 3.8) is 0 Å². The lowest BCUT2D eigenvalue weighted by Gasteiger charge is -2.28. The standard InChI is InChI=1S/C27H35FN2O3Si/c1-18-24(33-25(14-15-31)27(18)34(2,3)28)13-10-19-8-11-21(12-9-19)30-26(32)16-20-17-29-23-7-5-4-6-22(20)23/h4-9,11-12,17-18,24-25,27,29,31H,10,13-16H2,1-3H3,(H,30,32)/t18-,24+,25-,27+/m0/s1. The summed E-state index contributed by atoms with van der Waals surface area (Å²) in [6.07, 6.45) is 4.15. The van der Waals surface area contributed by atoms with Gasteiger partial charge in [-0.2, -0.15) is 0 Å². The largest absolute Gasteiger partial charge is 0.396 e. The molecule has 1 fully saturated rings. The molecule has 1 aliphatic heterocycles. The summed E-state index contributed by atoms with van der Waals surface area (Å²) in [6, 6.07) is 15.9. The molecule has 3 N–H and O–H groups in total. The third-order valence-electron chi connectivity index (χ3n) is 7.09. The molecule has 2 heterocycles. The molecule has 0 radical (unpaired) electrons. The minimum atomic E-state index is -2.88. The van der Waals surface area contributed by atoms with Crippen LogP contribution in [-0.2, 0) is 22.4 Å². The first-order valence-electron chi connectivity index (χ1n) is 12.1. The zero-order chi connectivity index (χ0) is 24.3. The second-order valence-electron chi connectivity index (χ2n) is 9.99. The summed E-state index contributed by atoms with van der Waals surface area (Å²) >= 11 is 0. The van der Waals surface area contributed by atoms with Crippen molar-refractivity contribution in [2.75, 3.05) is 11.9 Å². The molecule has 182 valence electrons. The second kappa shape index (κ2) is 10.4. The van der Waals surface area contributed by atoms with Crippen LogP contribution >= 0.6 is 0 Å². The number of halogens is 1. The Morgan fingerprint density at radius 3 is 2.56 bits per heavy atom. The molecule has 2 aromatic carbocycles. The van der Waals surface area contributed by atoms with Gasteiger partial charge in [-0.05, 0) is 67.6 Å². The van der Waals surface area contributed by atoms with Crippen LogP contribution in [0.4, 0.5) is 9.80 Å². The quantitative estimate of drug-likeness (QED) is 0.274. The lowest BCUT2D eigenvalue weighted by atomic mass is 9.95. The van der Waals surface area contributed by atoms with E-state index in [2.05, 4.69) is 17.2 Å². The number of fused-ring (bicyclic) bond motifs is 1. The number of aryl methyl sites for hydroxylation is 1. The smallest absolute Gasteiger partial charge is 0.246 e. The zero-order valence-electron chi connectivity index (χ0n) is 20.2. The van der Waals surface area contributed by atoms with Crippen LogP contribution in [0.25, 0.3) is 10.9 Å². The molecule has 4 atom stereocenters. The number of para-hydroxylation sites is 1. The van der Waals surface area contributed by atoms with Crippen molar-refractivity contribution in [3.8, 4) is 0 Å². The highest BCUT2D eigenvalue weighted by Crippen LogP contribution is 2.46. The summed E-state index contributed by atoms with van der Waals surface area (Å²) in [5.74, 6) is 0.0935. The Kier molecular flexibility index (Phi) is 7.55. The van der Waals surface area contributed by atoms with Gasteiger partial charge in [-0.15, -0.1) is 0 Å². The van der Waals surface area contributed by atoms with E-state index in [0.717, 1.165) is 40.6 Å². The number of carbonyl (C=O) groups is 1. The maximum absolute atomic E-state index is 14.9. The molecule has 0 aliphatic carbocycles. The van der Waals surface area contributed by atoms with Crippen molar-refractivity contribution in [1.82, 2.24) is 4.98 Å². The number of nitrogens with one attached hydrogen (secondary N) is 2. The predicted octanol–water partition coefficient (Wildman–Crippen LogP) is 5.61. The van der Waals surface area contributed by atoms with E-state index in [1.165, 1.54) is 0 Å². The minimum Gasteiger partial charge on any atom is -0.396 e. The topological polar surface area (TPSA) is 74.3 Å². The van der Waals surface area contributed by atoms with E-state index < -0.39 is 8.41 Å². The fourth-order valence-electron chi connectivity index (χ4n) is 5.50. The van der Waals surface area contributed by atoms with E-state index in [9.17, 15) is 14.0 Å². The molecule has 0 spiro atoms. The minimum absolute atomic E-state index is 0.000345. The summed E-state index contributed by atoms with van der Waals surface area (Å²) in [5.41, 5.74) is 3.85. The van der Waals surface area contributed by atoms with Gasteiger partial charge in [0, 0.05) is 34.9 Å². The Balaban J connectivity index is 1.31. The average molecular weight is 483 g/mol. The van der Waals surface area contributed by atoms with Crippen LogP contribution in [0.1, 0.15) is 30.9 Å². The fourth-order valence-corrected chi connectivity index (χ4v) is 8.09. The van der Waals surface area contributed by atoms with Crippen LogP contribution in [0.2, 0.25) is 18.6 Å². The molecule has 4 rings (SSSR count). The Hall–Kier alpha value is -2.48.